The Hall–Kier alpha value is -2.14. The third-order valence-electron chi connectivity index (χ3n) is 4.55. The van der Waals surface area contributed by atoms with Gasteiger partial charge in [0.15, 0.2) is 0 Å². The van der Waals surface area contributed by atoms with Gasteiger partial charge in [0.25, 0.3) is 11.5 Å². The van der Waals surface area contributed by atoms with Crippen molar-refractivity contribution in [2.75, 3.05) is 13.1 Å². The summed E-state index contributed by atoms with van der Waals surface area (Å²) in [6.45, 7) is 3.34. The van der Waals surface area contributed by atoms with Crippen molar-refractivity contribution in [1.29, 1.82) is 0 Å². The monoisotopic (exact) mass is 299 g/mol. The number of nitrogens with one attached hydrogen (secondary N) is 1. The molecule has 116 valence electrons. The molecule has 0 radical (unpaired) electrons. The van der Waals surface area contributed by atoms with E-state index in [-0.39, 0.29) is 23.1 Å². The summed E-state index contributed by atoms with van der Waals surface area (Å²) in [6, 6.07) is 9.32. The van der Waals surface area contributed by atoms with Gasteiger partial charge >= 0.3 is 0 Å². The van der Waals surface area contributed by atoms with E-state index in [9.17, 15) is 9.59 Å². The summed E-state index contributed by atoms with van der Waals surface area (Å²) in [7, 11) is 0. The SMILES string of the molecule is CC(N)C1CCN(C(=O)c2cc3ccccc3[nH]c2=O)CC1. The lowest BCUT2D eigenvalue weighted by molar-refractivity contribution is 0.0679. The molecular formula is C17H21N3O2. The summed E-state index contributed by atoms with van der Waals surface area (Å²) in [5.74, 6) is 0.272. The number of rotatable bonds is 2. The molecule has 1 amide bonds. The number of carbonyl (C=O) groups is 1. The molecule has 1 saturated heterocycles. The van der Waals surface area contributed by atoms with Crippen LogP contribution in [0.25, 0.3) is 10.9 Å². The Morgan fingerprint density at radius 1 is 1.32 bits per heavy atom. The highest BCUT2D eigenvalue weighted by Crippen LogP contribution is 2.21. The van der Waals surface area contributed by atoms with Crippen molar-refractivity contribution in [2.24, 2.45) is 11.7 Å². The highest BCUT2D eigenvalue weighted by atomic mass is 16.2. The molecular weight excluding hydrogens is 278 g/mol. The normalized spacial score (nSPS) is 17.6. The van der Waals surface area contributed by atoms with Crippen LogP contribution in [0.4, 0.5) is 0 Å². The Morgan fingerprint density at radius 3 is 2.68 bits per heavy atom. The molecule has 22 heavy (non-hydrogen) atoms. The molecule has 0 spiro atoms. The standard InChI is InChI=1S/C17H21N3O2/c1-11(18)12-6-8-20(9-7-12)17(22)14-10-13-4-2-3-5-15(13)19-16(14)21/h2-5,10-12H,6-9,18H2,1H3,(H,19,21). The molecule has 1 aromatic carbocycles. The number of hydrogen-bond donors (Lipinski definition) is 2. The molecule has 5 nitrogen and oxygen atoms in total. The molecule has 1 unspecified atom stereocenters. The van der Waals surface area contributed by atoms with E-state index < -0.39 is 0 Å². The number of nitrogens with two attached hydrogens (primary N) is 1. The molecule has 0 aliphatic carbocycles. The fourth-order valence-corrected chi connectivity index (χ4v) is 3.10. The first kappa shape index (κ1) is 14.8. The van der Waals surface area contributed by atoms with Gasteiger partial charge in [0.1, 0.15) is 5.56 Å². The fourth-order valence-electron chi connectivity index (χ4n) is 3.10. The minimum Gasteiger partial charge on any atom is -0.338 e. The average molecular weight is 299 g/mol. The number of nitrogens with zero attached hydrogens (tertiary/aromatic N) is 1. The lowest BCUT2D eigenvalue weighted by Gasteiger charge is -2.33. The van der Waals surface area contributed by atoms with Crippen LogP contribution in [0.5, 0.6) is 0 Å². The average Bonchev–Trinajstić information content (AvgIpc) is 2.53. The summed E-state index contributed by atoms with van der Waals surface area (Å²) in [4.78, 5) is 29.3. The molecule has 1 fully saturated rings. The number of benzene rings is 1. The molecule has 1 aliphatic heterocycles. The summed E-state index contributed by atoms with van der Waals surface area (Å²) >= 11 is 0. The predicted molar refractivity (Wildman–Crippen MR) is 86.8 cm³/mol. The van der Waals surface area contributed by atoms with E-state index in [2.05, 4.69) is 4.98 Å². The van der Waals surface area contributed by atoms with Crippen LogP contribution in [0.2, 0.25) is 0 Å². The summed E-state index contributed by atoms with van der Waals surface area (Å²) in [5, 5.41) is 0.871. The van der Waals surface area contributed by atoms with E-state index in [0.717, 1.165) is 23.7 Å². The van der Waals surface area contributed by atoms with Gasteiger partial charge < -0.3 is 15.6 Å². The maximum atomic E-state index is 12.6. The van der Waals surface area contributed by atoms with Crippen LogP contribution in [-0.2, 0) is 0 Å². The number of fused-ring (bicyclic) bond motifs is 1. The number of aromatic amines is 1. The number of hydrogen-bond acceptors (Lipinski definition) is 3. The van der Waals surface area contributed by atoms with E-state index in [0.29, 0.717) is 19.0 Å². The molecule has 3 rings (SSSR count). The zero-order chi connectivity index (χ0) is 15.7. The molecule has 1 aromatic heterocycles. The zero-order valence-electron chi connectivity index (χ0n) is 12.7. The second kappa shape index (κ2) is 5.93. The smallest absolute Gasteiger partial charge is 0.261 e. The van der Waals surface area contributed by atoms with Crippen LogP contribution < -0.4 is 11.3 Å². The third-order valence-corrected chi connectivity index (χ3v) is 4.55. The van der Waals surface area contributed by atoms with Gasteiger partial charge in [-0.3, -0.25) is 9.59 Å². The molecule has 2 aromatic rings. The van der Waals surface area contributed by atoms with Crippen LogP contribution in [-0.4, -0.2) is 34.9 Å². The Bertz CT molecular complexity index is 743. The van der Waals surface area contributed by atoms with Gasteiger partial charge in [0.2, 0.25) is 0 Å². The van der Waals surface area contributed by atoms with Crippen LogP contribution in [0.1, 0.15) is 30.1 Å². The number of carbonyl (C=O) groups excluding carboxylic acids is 1. The first-order valence-electron chi connectivity index (χ1n) is 7.73. The zero-order valence-corrected chi connectivity index (χ0v) is 12.7. The Balaban J connectivity index is 1.84. The lowest BCUT2D eigenvalue weighted by atomic mass is 9.90. The first-order valence-corrected chi connectivity index (χ1v) is 7.73. The van der Waals surface area contributed by atoms with Crippen molar-refractivity contribution >= 4 is 16.8 Å². The highest BCUT2D eigenvalue weighted by molar-refractivity contribution is 5.97. The van der Waals surface area contributed by atoms with Crippen LogP contribution in [0.3, 0.4) is 0 Å². The number of aromatic nitrogens is 1. The molecule has 5 heteroatoms. The topological polar surface area (TPSA) is 79.2 Å². The molecule has 3 N–H and O–H groups in total. The number of amides is 1. The van der Waals surface area contributed by atoms with E-state index in [1.54, 1.807) is 11.0 Å². The van der Waals surface area contributed by atoms with Gasteiger partial charge in [-0.15, -0.1) is 0 Å². The van der Waals surface area contributed by atoms with Crippen molar-refractivity contribution < 1.29 is 4.79 Å². The highest BCUT2D eigenvalue weighted by Gasteiger charge is 2.26. The van der Waals surface area contributed by atoms with Gasteiger partial charge in [-0.2, -0.15) is 0 Å². The minimum atomic E-state index is -0.321. The summed E-state index contributed by atoms with van der Waals surface area (Å²) in [6.07, 6.45) is 1.80. The van der Waals surface area contributed by atoms with Crippen LogP contribution in [0, 0.1) is 5.92 Å². The van der Waals surface area contributed by atoms with Gasteiger partial charge in [-0.1, -0.05) is 18.2 Å². The second-order valence-electron chi connectivity index (χ2n) is 6.09. The van der Waals surface area contributed by atoms with Gasteiger partial charge in [0.05, 0.1) is 0 Å². The fraction of sp³-hybridized carbons (Fsp3) is 0.412. The predicted octanol–water partition coefficient (Wildman–Crippen LogP) is 1.73. The number of piperidine rings is 1. The van der Waals surface area contributed by atoms with Crippen molar-refractivity contribution in [2.45, 2.75) is 25.8 Å². The molecule has 1 aliphatic rings. The quantitative estimate of drug-likeness (QED) is 0.886. The Labute approximate surface area is 129 Å². The molecule has 2 heterocycles. The van der Waals surface area contributed by atoms with Gasteiger partial charge in [-0.25, -0.2) is 0 Å². The Morgan fingerprint density at radius 2 is 2.00 bits per heavy atom. The Kier molecular flexibility index (Phi) is 3.98. The first-order chi connectivity index (χ1) is 10.6. The molecule has 1 atom stereocenters. The number of H-pyrrole nitrogens is 1. The van der Waals surface area contributed by atoms with E-state index in [1.165, 1.54) is 0 Å². The largest absolute Gasteiger partial charge is 0.338 e. The minimum absolute atomic E-state index is 0.154. The lowest BCUT2D eigenvalue weighted by Crippen LogP contribution is -2.43. The van der Waals surface area contributed by atoms with Gasteiger partial charge in [0, 0.05) is 24.6 Å². The van der Waals surface area contributed by atoms with Crippen molar-refractivity contribution in [3.05, 3.63) is 46.2 Å². The van der Waals surface area contributed by atoms with Gasteiger partial charge in [-0.05, 0) is 43.2 Å². The van der Waals surface area contributed by atoms with Crippen LogP contribution in [0.15, 0.2) is 35.1 Å². The van der Waals surface area contributed by atoms with E-state index in [1.807, 2.05) is 31.2 Å². The van der Waals surface area contributed by atoms with Crippen molar-refractivity contribution in [3.63, 3.8) is 0 Å². The van der Waals surface area contributed by atoms with Crippen LogP contribution >= 0.6 is 0 Å². The number of likely N-dealkylation sites (tertiary alicyclic amines) is 1. The number of pyridine rings is 1. The van der Waals surface area contributed by atoms with Crippen molar-refractivity contribution in [1.82, 2.24) is 9.88 Å². The molecule has 0 bridgehead atoms. The second-order valence-corrected chi connectivity index (χ2v) is 6.09. The maximum absolute atomic E-state index is 12.6. The van der Waals surface area contributed by atoms with E-state index >= 15 is 0 Å². The number of para-hydroxylation sites is 1. The van der Waals surface area contributed by atoms with E-state index in [4.69, 9.17) is 5.73 Å². The molecule has 0 saturated carbocycles. The third kappa shape index (κ3) is 2.76. The maximum Gasteiger partial charge on any atom is 0.261 e. The summed E-state index contributed by atoms with van der Waals surface area (Å²) in [5.41, 5.74) is 6.58. The van der Waals surface area contributed by atoms with Crippen molar-refractivity contribution in [3.8, 4) is 0 Å². The summed E-state index contributed by atoms with van der Waals surface area (Å²) < 4.78 is 0.